The van der Waals surface area contributed by atoms with Crippen LogP contribution in [0, 0.1) is 23.7 Å². The SMILES string of the molecule is C1CC1.CC.CCC.CCCCC(C(C)C)C(C)C(C)C. The Morgan fingerprint density at radius 1 is 0.714 bits per heavy atom. The second-order valence-electron chi connectivity index (χ2n) is 6.92. The van der Waals surface area contributed by atoms with Gasteiger partial charge < -0.3 is 0 Å². The molecule has 0 aromatic carbocycles. The lowest BCUT2D eigenvalue weighted by Crippen LogP contribution is -2.22. The van der Waals surface area contributed by atoms with Crippen molar-refractivity contribution >= 4 is 0 Å². The molecule has 0 radical (unpaired) electrons. The minimum Gasteiger partial charge on any atom is -0.0683 e. The van der Waals surface area contributed by atoms with Crippen LogP contribution < -0.4 is 0 Å². The lowest BCUT2D eigenvalue weighted by atomic mass is 9.76. The van der Waals surface area contributed by atoms with Crippen molar-refractivity contribution in [1.29, 1.82) is 0 Å². The average Bonchev–Trinajstić information content (AvgIpc) is 3.30. The molecule has 0 N–H and O–H groups in total. The molecule has 0 aromatic heterocycles. The maximum atomic E-state index is 2.42. The van der Waals surface area contributed by atoms with Gasteiger partial charge in [-0.25, -0.2) is 0 Å². The van der Waals surface area contributed by atoms with Crippen LogP contribution in [-0.2, 0) is 0 Å². The van der Waals surface area contributed by atoms with E-state index in [1.165, 1.54) is 44.9 Å². The summed E-state index contributed by atoms with van der Waals surface area (Å²) in [5, 5.41) is 0. The van der Waals surface area contributed by atoms with Crippen LogP contribution in [0.15, 0.2) is 0 Å². The van der Waals surface area contributed by atoms with E-state index in [2.05, 4.69) is 55.4 Å². The molecular formula is C21H48. The summed E-state index contributed by atoms with van der Waals surface area (Å²) < 4.78 is 0. The minimum atomic E-state index is 0.837. The van der Waals surface area contributed by atoms with Crippen LogP contribution in [0.3, 0.4) is 0 Å². The Balaban J connectivity index is -0.000000329. The van der Waals surface area contributed by atoms with Crippen LogP contribution in [0.5, 0.6) is 0 Å². The molecule has 0 aliphatic heterocycles. The van der Waals surface area contributed by atoms with Gasteiger partial charge in [0, 0.05) is 0 Å². The van der Waals surface area contributed by atoms with E-state index in [0.717, 1.165) is 23.7 Å². The standard InChI is InChI=1S/C13H28.C3H6.C3H8.C2H6/c1-7-8-9-13(11(4)5)12(6)10(2)3;1-2-3-1;1-3-2;1-2/h10-13H,7-9H2,1-6H3;1-3H2;3H2,1-2H3;1-2H3. The van der Waals surface area contributed by atoms with Gasteiger partial charge in [0.15, 0.2) is 0 Å². The van der Waals surface area contributed by atoms with Gasteiger partial charge in [-0.15, -0.1) is 0 Å². The van der Waals surface area contributed by atoms with Crippen LogP contribution in [-0.4, -0.2) is 0 Å². The third-order valence-corrected chi connectivity index (χ3v) is 3.83. The van der Waals surface area contributed by atoms with Crippen molar-refractivity contribution in [3.63, 3.8) is 0 Å². The molecule has 2 unspecified atom stereocenters. The zero-order valence-electron chi connectivity index (χ0n) is 17.3. The Kier molecular flexibility index (Phi) is 24.7. The van der Waals surface area contributed by atoms with E-state index in [4.69, 9.17) is 0 Å². The highest BCUT2D eigenvalue weighted by Gasteiger charge is 2.22. The topological polar surface area (TPSA) is 0 Å². The molecule has 1 aliphatic carbocycles. The lowest BCUT2D eigenvalue weighted by Gasteiger charge is -2.30. The highest BCUT2D eigenvalue weighted by molar-refractivity contribution is 4.72. The molecule has 1 aliphatic rings. The molecule has 1 saturated carbocycles. The molecule has 21 heavy (non-hydrogen) atoms. The van der Waals surface area contributed by atoms with Gasteiger partial charge in [-0.2, -0.15) is 0 Å². The van der Waals surface area contributed by atoms with E-state index in [9.17, 15) is 0 Å². The molecule has 132 valence electrons. The number of hydrogen-bond donors (Lipinski definition) is 0. The maximum absolute atomic E-state index is 2.42. The molecule has 0 bridgehead atoms. The fourth-order valence-electron chi connectivity index (χ4n) is 2.14. The number of unbranched alkanes of at least 4 members (excludes halogenated alkanes) is 1. The summed E-state index contributed by atoms with van der Waals surface area (Å²) in [6.07, 6.45) is 9.92. The second-order valence-corrected chi connectivity index (χ2v) is 6.92. The smallest absolute Gasteiger partial charge is 0.0363 e. The zero-order chi connectivity index (χ0) is 17.3. The van der Waals surface area contributed by atoms with Crippen molar-refractivity contribution in [2.75, 3.05) is 0 Å². The molecule has 0 heteroatoms. The van der Waals surface area contributed by atoms with Gasteiger partial charge in [0.1, 0.15) is 0 Å². The largest absolute Gasteiger partial charge is 0.0683 e. The molecule has 1 rings (SSSR count). The molecule has 1 fully saturated rings. The predicted octanol–water partition coefficient (Wildman–Crippen LogP) is 8.35. The molecule has 0 nitrogen and oxygen atoms in total. The normalized spacial score (nSPS) is 14.9. The summed E-state index contributed by atoms with van der Waals surface area (Å²) >= 11 is 0. The highest BCUT2D eigenvalue weighted by atomic mass is 14.3. The first-order valence-corrected chi connectivity index (χ1v) is 9.92. The van der Waals surface area contributed by atoms with Crippen LogP contribution in [0.1, 0.15) is 114 Å². The Morgan fingerprint density at radius 3 is 1.29 bits per heavy atom. The van der Waals surface area contributed by atoms with Crippen molar-refractivity contribution in [3.05, 3.63) is 0 Å². The average molecular weight is 301 g/mol. The van der Waals surface area contributed by atoms with Crippen molar-refractivity contribution in [2.45, 2.75) is 114 Å². The van der Waals surface area contributed by atoms with Crippen molar-refractivity contribution in [2.24, 2.45) is 23.7 Å². The minimum absolute atomic E-state index is 0.837. The second kappa shape index (κ2) is 20.0. The van der Waals surface area contributed by atoms with E-state index in [1.54, 1.807) is 0 Å². The first kappa shape index (κ1) is 25.9. The van der Waals surface area contributed by atoms with Gasteiger partial charge in [-0.3, -0.25) is 0 Å². The summed E-state index contributed by atoms with van der Waals surface area (Å²) in [6.45, 7) is 22.4. The van der Waals surface area contributed by atoms with Gasteiger partial charge in [-0.05, 0) is 30.1 Å². The van der Waals surface area contributed by atoms with Crippen LogP contribution >= 0.6 is 0 Å². The van der Waals surface area contributed by atoms with Crippen molar-refractivity contribution in [1.82, 2.24) is 0 Å². The monoisotopic (exact) mass is 300 g/mol. The van der Waals surface area contributed by atoms with Crippen LogP contribution in [0.4, 0.5) is 0 Å². The van der Waals surface area contributed by atoms with Gasteiger partial charge >= 0.3 is 0 Å². The number of hydrogen-bond acceptors (Lipinski definition) is 0. The first-order valence-electron chi connectivity index (χ1n) is 9.92. The fraction of sp³-hybridized carbons (Fsp3) is 1.00. The Morgan fingerprint density at radius 2 is 1.10 bits per heavy atom. The molecule has 0 aromatic rings. The van der Waals surface area contributed by atoms with E-state index < -0.39 is 0 Å². The Bertz CT molecular complexity index is 153. The summed E-state index contributed by atoms with van der Waals surface area (Å²) in [4.78, 5) is 0. The molecule has 0 amide bonds. The Labute approximate surface area is 138 Å². The van der Waals surface area contributed by atoms with Gasteiger partial charge in [0.2, 0.25) is 0 Å². The van der Waals surface area contributed by atoms with E-state index in [1.807, 2.05) is 13.8 Å². The third kappa shape index (κ3) is 22.4. The fourth-order valence-corrected chi connectivity index (χ4v) is 2.14. The Hall–Kier alpha value is 0. The first-order chi connectivity index (χ1) is 9.92. The summed E-state index contributed by atoms with van der Waals surface area (Å²) in [7, 11) is 0. The molecule has 0 saturated heterocycles. The summed E-state index contributed by atoms with van der Waals surface area (Å²) in [5.41, 5.74) is 0. The van der Waals surface area contributed by atoms with E-state index in [-0.39, 0.29) is 0 Å². The van der Waals surface area contributed by atoms with Gasteiger partial charge in [0.05, 0.1) is 0 Å². The van der Waals surface area contributed by atoms with E-state index in [0.29, 0.717) is 0 Å². The maximum Gasteiger partial charge on any atom is -0.0363 e. The van der Waals surface area contributed by atoms with Gasteiger partial charge in [0.25, 0.3) is 0 Å². The molecular weight excluding hydrogens is 252 g/mol. The molecule has 0 heterocycles. The molecule has 0 spiro atoms. The predicted molar refractivity (Wildman–Crippen MR) is 103 cm³/mol. The van der Waals surface area contributed by atoms with Crippen molar-refractivity contribution in [3.8, 4) is 0 Å². The highest BCUT2D eigenvalue weighted by Crippen LogP contribution is 2.31. The van der Waals surface area contributed by atoms with E-state index >= 15 is 0 Å². The number of rotatable bonds is 6. The van der Waals surface area contributed by atoms with Crippen LogP contribution in [0.2, 0.25) is 0 Å². The summed E-state index contributed by atoms with van der Waals surface area (Å²) in [6, 6.07) is 0. The molecule has 2 atom stereocenters. The van der Waals surface area contributed by atoms with Gasteiger partial charge in [-0.1, -0.05) is 108 Å². The van der Waals surface area contributed by atoms with Crippen LogP contribution in [0.25, 0.3) is 0 Å². The zero-order valence-corrected chi connectivity index (χ0v) is 17.3. The summed E-state index contributed by atoms with van der Waals surface area (Å²) in [5.74, 6) is 3.50. The quantitative estimate of drug-likeness (QED) is 0.462. The lowest BCUT2D eigenvalue weighted by molar-refractivity contribution is 0.198. The third-order valence-electron chi connectivity index (χ3n) is 3.83. The van der Waals surface area contributed by atoms with Crippen molar-refractivity contribution < 1.29 is 0 Å².